The summed E-state index contributed by atoms with van der Waals surface area (Å²) in [6.45, 7) is 0. The zero-order valence-corrected chi connectivity index (χ0v) is 14.0. The Balaban J connectivity index is 1.82. The Bertz CT molecular complexity index is 913. The molecule has 0 amide bonds. The number of aromatic nitrogens is 3. The van der Waals surface area contributed by atoms with E-state index in [9.17, 15) is 0 Å². The number of nitrogens with one attached hydrogen (secondary N) is 1. The fraction of sp³-hybridized carbons (Fsp3) is 0.0588. The average molecular weight is 358 g/mol. The van der Waals surface area contributed by atoms with E-state index in [-0.39, 0.29) is 12.0 Å². The standard InChI is InChI=1S/C17H13Cl2N5/c18-12-5-1-10(2-6-12)14-9-15(11-3-7-13(19)8-4-11)24-17(21-14)22-16(20)23-24/h1-9,15H,(H3,20,21,22,23)/t15-/m0/s1. The summed E-state index contributed by atoms with van der Waals surface area (Å²) < 4.78 is 1.76. The molecule has 4 rings (SSSR count). The van der Waals surface area contributed by atoms with Gasteiger partial charge >= 0.3 is 0 Å². The molecule has 0 fully saturated rings. The molecule has 5 nitrogen and oxygen atoms in total. The molecular formula is C17H13Cl2N5. The summed E-state index contributed by atoms with van der Waals surface area (Å²) in [5.41, 5.74) is 8.75. The Kier molecular flexibility index (Phi) is 3.67. The minimum absolute atomic E-state index is 0.131. The second-order valence-electron chi connectivity index (χ2n) is 5.45. The van der Waals surface area contributed by atoms with Gasteiger partial charge in [0.15, 0.2) is 0 Å². The molecule has 1 aliphatic rings. The first-order chi connectivity index (χ1) is 11.6. The molecule has 2 heterocycles. The van der Waals surface area contributed by atoms with E-state index in [2.05, 4.69) is 21.5 Å². The molecule has 3 aromatic rings. The van der Waals surface area contributed by atoms with Crippen molar-refractivity contribution in [1.82, 2.24) is 14.8 Å². The Morgan fingerprint density at radius 2 is 1.58 bits per heavy atom. The summed E-state index contributed by atoms with van der Waals surface area (Å²) in [7, 11) is 0. The van der Waals surface area contributed by atoms with Crippen molar-refractivity contribution in [1.29, 1.82) is 0 Å². The van der Waals surface area contributed by atoms with Gasteiger partial charge in [0.2, 0.25) is 11.9 Å². The summed E-state index contributed by atoms with van der Waals surface area (Å²) in [6.07, 6.45) is 2.08. The molecule has 1 aliphatic heterocycles. The highest BCUT2D eigenvalue weighted by Gasteiger charge is 2.24. The highest BCUT2D eigenvalue weighted by molar-refractivity contribution is 6.30. The van der Waals surface area contributed by atoms with Crippen molar-refractivity contribution in [2.45, 2.75) is 6.04 Å². The highest BCUT2D eigenvalue weighted by Crippen LogP contribution is 2.33. The molecule has 3 N–H and O–H groups in total. The van der Waals surface area contributed by atoms with Gasteiger partial charge in [0.25, 0.3) is 0 Å². The fourth-order valence-electron chi connectivity index (χ4n) is 2.70. The second-order valence-corrected chi connectivity index (χ2v) is 6.32. The van der Waals surface area contributed by atoms with Crippen LogP contribution >= 0.6 is 23.2 Å². The van der Waals surface area contributed by atoms with Gasteiger partial charge in [-0.15, -0.1) is 5.10 Å². The van der Waals surface area contributed by atoms with Crippen molar-refractivity contribution in [2.75, 3.05) is 11.1 Å². The maximum absolute atomic E-state index is 6.00. The largest absolute Gasteiger partial charge is 0.366 e. The van der Waals surface area contributed by atoms with Crippen LogP contribution in [0.1, 0.15) is 17.2 Å². The summed E-state index contributed by atoms with van der Waals surface area (Å²) >= 11 is 12.0. The first kappa shape index (κ1) is 15.1. The van der Waals surface area contributed by atoms with Gasteiger partial charge in [-0.2, -0.15) is 4.98 Å². The number of nitrogen functional groups attached to an aromatic ring is 1. The molecule has 1 aromatic heterocycles. The number of nitrogens with zero attached hydrogens (tertiary/aromatic N) is 3. The number of halogens is 2. The van der Waals surface area contributed by atoms with Crippen LogP contribution in [0.3, 0.4) is 0 Å². The number of rotatable bonds is 2. The van der Waals surface area contributed by atoms with E-state index < -0.39 is 0 Å². The Hall–Kier alpha value is -2.50. The van der Waals surface area contributed by atoms with Crippen molar-refractivity contribution in [3.8, 4) is 0 Å². The number of hydrogen-bond donors (Lipinski definition) is 2. The van der Waals surface area contributed by atoms with Crippen molar-refractivity contribution in [2.24, 2.45) is 0 Å². The van der Waals surface area contributed by atoms with Gasteiger partial charge in [-0.1, -0.05) is 47.5 Å². The first-order valence-corrected chi connectivity index (χ1v) is 8.08. The lowest BCUT2D eigenvalue weighted by Crippen LogP contribution is -2.20. The Labute approximate surface area is 148 Å². The van der Waals surface area contributed by atoms with E-state index in [1.165, 1.54) is 0 Å². The minimum atomic E-state index is -0.131. The zero-order valence-electron chi connectivity index (χ0n) is 12.4. The van der Waals surface area contributed by atoms with Crippen LogP contribution in [0.15, 0.2) is 54.6 Å². The molecule has 24 heavy (non-hydrogen) atoms. The number of fused-ring (bicyclic) bond motifs is 1. The molecule has 0 saturated carbocycles. The summed E-state index contributed by atoms with van der Waals surface area (Å²) in [5, 5.41) is 8.94. The van der Waals surface area contributed by atoms with Crippen LogP contribution in [0.25, 0.3) is 5.70 Å². The Morgan fingerprint density at radius 3 is 2.25 bits per heavy atom. The van der Waals surface area contributed by atoms with Gasteiger partial charge in [-0.05, 0) is 41.5 Å². The van der Waals surface area contributed by atoms with Crippen molar-refractivity contribution in [3.63, 3.8) is 0 Å². The van der Waals surface area contributed by atoms with Crippen LogP contribution in [-0.4, -0.2) is 14.8 Å². The topological polar surface area (TPSA) is 68.8 Å². The molecule has 7 heteroatoms. The fourth-order valence-corrected chi connectivity index (χ4v) is 2.96. The van der Waals surface area contributed by atoms with E-state index >= 15 is 0 Å². The summed E-state index contributed by atoms with van der Waals surface area (Å²) in [6, 6.07) is 15.1. The van der Waals surface area contributed by atoms with Crippen molar-refractivity contribution >= 4 is 40.8 Å². The van der Waals surface area contributed by atoms with E-state index in [0.29, 0.717) is 16.0 Å². The van der Waals surface area contributed by atoms with E-state index in [0.717, 1.165) is 16.8 Å². The van der Waals surface area contributed by atoms with Crippen LogP contribution in [-0.2, 0) is 0 Å². The smallest absolute Gasteiger partial charge is 0.241 e. The lowest BCUT2D eigenvalue weighted by molar-refractivity contribution is 0.614. The molecule has 120 valence electrons. The minimum Gasteiger partial charge on any atom is -0.366 e. The molecule has 0 bridgehead atoms. The maximum Gasteiger partial charge on any atom is 0.241 e. The molecule has 0 spiro atoms. The predicted molar refractivity (Wildman–Crippen MR) is 97.1 cm³/mol. The number of anilines is 2. The van der Waals surface area contributed by atoms with Gasteiger partial charge in [0.1, 0.15) is 6.04 Å². The van der Waals surface area contributed by atoms with Crippen LogP contribution in [0, 0.1) is 0 Å². The van der Waals surface area contributed by atoms with E-state index in [4.69, 9.17) is 28.9 Å². The predicted octanol–water partition coefficient (Wildman–Crippen LogP) is 4.22. The van der Waals surface area contributed by atoms with E-state index in [1.54, 1.807) is 4.68 Å². The molecule has 0 saturated heterocycles. The second kappa shape index (κ2) is 5.85. The number of allylic oxidation sites excluding steroid dienone is 1. The van der Waals surface area contributed by atoms with Crippen LogP contribution in [0.4, 0.5) is 11.9 Å². The summed E-state index contributed by atoms with van der Waals surface area (Å²) in [4.78, 5) is 4.26. The zero-order chi connectivity index (χ0) is 16.7. The SMILES string of the molecule is Nc1nc2n(n1)[C@H](c1ccc(Cl)cc1)C=C(c1ccc(Cl)cc1)N2. The Morgan fingerprint density at radius 1 is 0.958 bits per heavy atom. The highest BCUT2D eigenvalue weighted by atomic mass is 35.5. The van der Waals surface area contributed by atoms with Gasteiger partial charge in [0, 0.05) is 15.7 Å². The number of hydrogen-bond acceptors (Lipinski definition) is 4. The van der Waals surface area contributed by atoms with Crippen LogP contribution in [0.5, 0.6) is 0 Å². The third kappa shape index (κ3) is 2.72. The number of nitrogens with two attached hydrogens (primary N) is 1. The lowest BCUT2D eigenvalue weighted by atomic mass is 10.0. The molecule has 0 unspecified atom stereocenters. The third-order valence-electron chi connectivity index (χ3n) is 3.85. The normalized spacial score (nSPS) is 16.2. The molecule has 2 aromatic carbocycles. The molecule has 0 radical (unpaired) electrons. The lowest BCUT2D eigenvalue weighted by Gasteiger charge is -2.24. The molecular weight excluding hydrogens is 345 g/mol. The first-order valence-electron chi connectivity index (χ1n) is 7.32. The van der Waals surface area contributed by atoms with Gasteiger partial charge in [-0.25, -0.2) is 4.68 Å². The maximum atomic E-state index is 6.00. The van der Waals surface area contributed by atoms with E-state index in [1.807, 2.05) is 48.5 Å². The van der Waals surface area contributed by atoms with Crippen LogP contribution < -0.4 is 11.1 Å². The summed E-state index contributed by atoms with van der Waals surface area (Å²) in [5.74, 6) is 0.821. The number of benzene rings is 2. The van der Waals surface area contributed by atoms with Crippen LogP contribution in [0.2, 0.25) is 10.0 Å². The molecule has 0 aliphatic carbocycles. The third-order valence-corrected chi connectivity index (χ3v) is 4.35. The molecule has 1 atom stereocenters. The van der Waals surface area contributed by atoms with Crippen molar-refractivity contribution < 1.29 is 0 Å². The monoisotopic (exact) mass is 357 g/mol. The van der Waals surface area contributed by atoms with Gasteiger partial charge in [0.05, 0.1) is 0 Å². The quantitative estimate of drug-likeness (QED) is 0.720. The van der Waals surface area contributed by atoms with Crippen molar-refractivity contribution in [3.05, 3.63) is 75.8 Å². The van der Waals surface area contributed by atoms with Gasteiger partial charge < -0.3 is 11.1 Å². The average Bonchev–Trinajstić information content (AvgIpc) is 2.95. The van der Waals surface area contributed by atoms with Gasteiger partial charge in [-0.3, -0.25) is 0 Å².